The number of carbonyl (C=O) groups is 1. The van der Waals surface area contributed by atoms with E-state index in [1.165, 1.54) is 37.4 Å². The van der Waals surface area contributed by atoms with Crippen molar-refractivity contribution in [2.75, 3.05) is 7.11 Å². The topological polar surface area (TPSA) is 121 Å². The second-order valence-electron chi connectivity index (χ2n) is 6.91. The van der Waals surface area contributed by atoms with Crippen molar-refractivity contribution in [2.45, 2.75) is 25.4 Å². The van der Waals surface area contributed by atoms with Gasteiger partial charge in [0.05, 0.1) is 18.6 Å². The number of rotatable bonds is 8. The van der Waals surface area contributed by atoms with E-state index in [9.17, 15) is 14.9 Å². The number of nitro groups is 1. The molecule has 1 fully saturated rings. The molecule has 1 aromatic heterocycles. The summed E-state index contributed by atoms with van der Waals surface area (Å²) in [6, 6.07) is 9.05. The van der Waals surface area contributed by atoms with Gasteiger partial charge < -0.3 is 19.4 Å². The van der Waals surface area contributed by atoms with Gasteiger partial charge in [0.25, 0.3) is 5.91 Å². The van der Waals surface area contributed by atoms with E-state index in [-0.39, 0.29) is 40.4 Å². The van der Waals surface area contributed by atoms with Crippen LogP contribution < -0.4 is 14.8 Å². The Bertz CT molecular complexity index is 1140. The molecule has 1 amide bonds. The minimum atomic E-state index is -0.587. The SMILES string of the molecule is COc1cc(C(=O)NCc2nncn2C2CC2)ccc1Oc1ccc(Cl)cc1[N+](=O)[O-]. The Morgan fingerprint density at radius 1 is 1.26 bits per heavy atom. The molecule has 0 aliphatic heterocycles. The first kappa shape index (κ1) is 20.6. The van der Waals surface area contributed by atoms with E-state index in [1.807, 2.05) is 4.57 Å². The quantitative estimate of drug-likeness (QED) is 0.413. The molecule has 160 valence electrons. The van der Waals surface area contributed by atoms with Gasteiger partial charge in [-0.3, -0.25) is 14.9 Å². The van der Waals surface area contributed by atoms with Gasteiger partial charge in [-0.15, -0.1) is 10.2 Å². The van der Waals surface area contributed by atoms with E-state index in [4.69, 9.17) is 21.1 Å². The number of nitrogens with one attached hydrogen (secondary N) is 1. The minimum absolute atomic E-state index is 0.00399. The summed E-state index contributed by atoms with van der Waals surface area (Å²) in [7, 11) is 1.41. The van der Waals surface area contributed by atoms with Crippen molar-refractivity contribution in [3.05, 3.63) is 69.3 Å². The summed E-state index contributed by atoms with van der Waals surface area (Å²) >= 11 is 5.84. The molecule has 1 saturated carbocycles. The molecule has 3 aromatic rings. The zero-order valence-electron chi connectivity index (χ0n) is 16.4. The Balaban J connectivity index is 1.49. The van der Waals surface area contributed by atoms with Gasteiger partial charge in [-0.2, -0.15) is 0 Å². The fraction of sp³-hybridized carbons (Fsp3) is 0.250. The van der Waals surface area contributed by atoms with Gasteiger partial charge in [-0.1, -0.05) is 11.6 Å². The maximum atomic E-state index is 12.6. The molecule has 0 unspecified atom stereocenters. The van der Waals surface area contributed by atoms with Gasteiger partial charge in [0.15, 0.2) is 17.3 Å². The monoisotopic (exact) mass is 443 g/mol. The lowest BCUT2D eigenvalue weighted by atomic mass is 10.2. The highest BCUT2D eigenvalue weighted by Crippen LogP contribution is 2.38. The molecular weight excluding hydrogens is 426 g/mol. The van der Waals surface area contributed by atoms with Crippen LogP contribution in [-0.2, 0) is 6.54 Å². The van der Waals surface area contributed by atoms with E-state index in [0.717, 1.165) is 12.8 Å². The van der Waals surface area contributed by atoms with Gasteiger partial charge in [0, 0.05) is 22.7 Å². The van der Waals surface area contributed by atoms with Crippen molar-refractivity contribution in [3.63, 3.8) is 0 Å². The summed E-state index contributed by atoms with van der Waals surface area (Å²) in [5.74, 6) is 0.839. The fourth-order valence-electron chi connectivity index (χ4n) is 3.04. The average molecular weight is 444 g/mol. The van der Waals surface area contributed by atoms with Crippen molar-refractivity contribution in [1.82, 2.24) is 20.1 Å². The first-order valence-corrected chi connectivity index (χ1v) is 9.80. The van der Waals surface area contributed by atoms with Crippen LogP contribution in [0.1, 0.15) is 35.1 Å². The van der Waals surface area contributed by atoms with E-state index in [1.54, 1.807) is 12.4 Å². The molecule has 1 aliphatic rings. The third kappa shape index (κ3) is 4.58. The van der Waals surface area contributed by atoms with Gasteiger partial charge in [0.2, 0.25) is 5.75 Å². The van der Waals surface area contributed by atoms with E-state index in [2.05, 4.69) is 15.5 Å². The maximum absolute atomic E-state index is 12.6. The van der Waals surface area contributed by atoms with Crippen molar-refractivity contribution in [1.29, 1.82) is 0 Å². The maximum Gasteiger partial charge on any atom is 0.313 e. The number of ether oxygens (including phenoxy) is 2. The first-order valence-electron chi connectivity index (χ1n) is 9.42. The highest BCUT2D eigenvalue weighted by Gasteiger charge is 2.26. The number of benzene rings is 2. The largest absolute Gasteiger partial charge is 0.493 e. The lowest BCUT2D eigenvalue weighted by Crippen LogP contribution is -2.24. The zero-order valence-corrected chi connectivity index (χ0v) is 17.2. The first-order chi connectivity index (χ1) is 15.0. The summed E-state index contributed by atoms with van der Waals surface area (Å²) in [6.07, 6.45) is 3.84. The van der Waals surface area contributed by atoms with E-state index < -0.39 is 4.92 Å². The minimum Gasteiger partial charge on any atom is -0.493 e. The van der Waals surface area contributed by atoms with E-state index in [0.29, 0.717) is 17.4 Å². The Kier molecular flexibility index (Phi) is 5.72. The summed E-state index contributed by atoms with van der Waals surface area (Å²) in [4.78, 5) is 23.3. The van der Waals surface area contributed by atoms with Crippen molar-refractivity contribution < 1.29 is 19.2 Å². The van der Waals surface area contributed by atoms with Crippen LogP contribution in [0.25, 0.3) is 0 Å². The number of nitrogens with zero attached hydrogens (tertiary/aromatic N) is 4. The average Bonchev–Trinajstić information content (AvgIpc) is 3.50. The molecule has 0 radical (unpaired) electrons. The van der Waals surface area contributed by atoms with Crippen LogP contribution in [-0.4, -0.2) is 32.7 Å². The molecular formula is C20H18ClN5O5. The lowest BCUT2D eigenvalue weighted by Gasteiger charge is -2.12. The van der Waals surface area contributed by atoms with Crippen LogP contribution in [0.3, 0.4) is 0 Å². The third-order valence-corrected chi connectivity index (χ3v) is 4.99. The molecule has 0 saturated heterocycles. The predicted molar refractivity (Wildman–Crippen MR) is 111 cm³/mol. The molecule has 31 heavy (non-hydrogen) atoms. The number of methoxy groups -OCH3 is 1. The van der Waals surface area contributed by atoms with E-state index >= 15 is 0 Å². The number of aromatic nitrogens is 3. The third-order valence-electron chi connectivity index (χ3n) is 4.76. The highest BCUT2D eigenvalue weighted by molar-refractivity contribution is 6.30. The van der Waals surface area contributed by atoms with Crippen LogP contribution in [0.15, 0.2) is 42.7 Å². The Morgan fingerprint density at radius 2 is 2.03 bits per heavy atom. The molecule has 1 N–H and O–H groups in total. The second kappa shape index (κ2) is 8.60. The number of hydrogen-bond donors (Lipinski definition) is 1. The van der Waals surface area contributed by atoms with Gasteiger partial charge in [-0.25, -0.2) is 0 Å². The van der Waals surface area contributed by atoms with Crippen LogP contribution in [0.2, 0.25) is 5.02 Å². The molecule has 2 aromatic carbocycles. The molecule has 0 spiro atoms. The number of halogens is 1. The molecule has 0 atom stereocenters. The van der Waals surface area contributed by atoms with Gasteiger partial charge in [0.1, 0.15) is 6.33 Å². The second-order valence-corrected chi connectivity index (χ2v) is 7.34. The molecule has 11 heteroatoms. The summed E-state index contributed by atoms with van der Waals surface area (Å²) in [6.45, 7) is 0.243. The smallest absolute Gasteiger partial charge is 0.313 e. The van der Waals surface area contributed by atoms with Crippen molar-refractivity contribution in [3.8, 4) is 17.2 Å². The lowest BCUT2D eigenvalue weighted by molar-refractivity contribution is -0.385. The number of amides is 1. The molecule has 1 aliphatic carbocycles. The Morgan fingerprint density at radius 3 is 2.74 bits per heavy atom. The summed E-state index contributed by atoms with van der Waals surface area (Å²) < 4.78 is 13.0. The Labute approximate surface area is 181 Å². The van der Waals surface area contributed by atoms with Crippen LogP contribution >= 0.6 is 11.6 Å². The van der Waals surface area contributed by atoms with Crippen molar-refractivity contribution >= 4 is 23.2 Å². The van der Waals surface area contributed by atoms with Gasteiger partial charge in [-0.05, 0) is 43.2 Å². The number of carbonyl (C=O) groups excluding carboxylic acids is 1. The molecule has 0 bridgehead atoms. The number of nitro benzene ring substituents is 1. The number of hydrogen-bond acceptors (Lipinski definition) is 7. The van der Waals surface area contributed by atoms with Gasteiger partial charge >= 0.3 is 5.69 Å². The zero-order chi connectivity index (χ0) is 22.0. The standard InChI is InChI=1S/C20H18ClN5O5/c1-30-18-8-12(20(27)22-10-19-24-23-11-25(19)14-4-5-14)2-6-17(18)31-16-7-3-13(21)9-15(16)26(28)29/h2-3,6-9,11,14H,4-5,10H2,1H3,(H,22,27). The van der Waals surface area contributed by atoms with Crippen molar-refractivity contribution in [2.24, 2.45) is 0 Å². The normalized spacial score (nSPS) is 13.0. The molecule has 4 rings (SSSR count). The molecule has 1 heterocycles. The highest BCUT2D eigenvalue weighted by atomic mass is 35.5. The fourth-order valence-corrected chi connectivity index (χ4v) is 3.21. The predicted octanol–water partition coefficient (Wildman–Crippen LogP) is 3.91. The summed E-state index contributed by atoms with van der Waals surface area (Å²) in [5.41, 5.74) is 0.0587. The Hall–Kier alpha value is -3.66. The van der Waals surface area contributed by atoms with Crippen LogP contribution in [0, 0.1) is 10.1 Å². The van der Waals surface area contributed by atoms with Crippen LogP contribution in [0.5, 0.6) is 17.2 Å². The summed E-state index contributed by atoms with van der Waals surface area (Å²) in [5, 5.41) is 22.3. The molecule has 10 nitrogen and oxygen atoms in total. The van der Waals surface area contributed by atoms with Crippen LogP contribution in [0.4, 0.5) is 5.69 Å².